The van der Waals surface area contributed by atoms with Crippen molar-refractivity contribution in [2.24, 2.45) is 0 Å². The highest BCUT2D eigenvalue weighted by Gasteiger charge is 2.26. The molecule has 2 aromatic carbocycles. The molecule has 0 aromatic heterocycles. The van der Waals surface area contributed by atoms with Gasteiger partial charge >= 0.3 is 5.97 Å². The number of carbonyl (C=O) groups excluding carboxylic acids is 3. The van der Waals surface area contributed by atoms with Gasteiger partial charge in [-0.1, -0.05) is 18.2 Å². The quantitative estimate of drug-likeness (QED) is 0.844. The van der Waals surface area contributed by atoms with Crippen LogP contribution in [0.1, 0.15) is 34.8 Å². The number of nitrogens with one attached hydrogen (secondary N) is 1. The first-order valence-corrected chi connectivity index (χ1v) is 8.86. The number of esters is 1. The van der Waals surface area contributed by atoms with Gasteiger partial charge in [-0.2, -0.15) is 0 Å². The van der Waals surface area contributed by atoms with E-state index in [-0.39, 0.29) is 24.2 Å². The highest BCUT2D eigenvalue weighted by Crippen LogP contribution is 2.31. The van der Waals surface area contributed by atoms with Crippen molar-refractivity contribution < 1.29 is 19.1 Å². The largest absolute Gasteiger partial charge is 0.465 e. The lowest BCUT2D eigenvalue weighted by molar-refractivity contribution is -0.118. The third kappa shape index (κ3) is 4.16. The minimum absolute atomic E-state index is 0.0229. The molecule has 0 saturated heterocycles. The van der Waals surface area contributed by atoms with Crippen LogP contribution in [0.3, 0.4) is 0 Å². The van der Waals surface area contributed by atoms with Crippen LogP contribution in [0.2, 0.25) is 0 Å². The summed E-state index contributed by atoms with van der Waals surface area (Å²) >= 11 is 0. The first kappa shape index (κ1) is 18.6. The Labute approximate surface area is 158 Å². The average Bonchev–Trinajstić information content (AvgIpc) is 2.67. The smallest absolute Gasteiger partial charge is 0.338 e. The predicted octanol–water partition coefficient (Wildman–Crippen LogP) is 2.95. The normalized spacial score (nSPS) is 12.9. The van der Waals surface area contributed by atoms with Crippen LogP contribution < -0.4 is 10.2 Å². The molecular weight excluding hydrogens is 344 g/mol. The van der Waals surface area contributed by atoms with Crippen LogP contribution in [0.5, 0.6) is 0 Å². The Bertz CT molecular complexity index is 874. The van der Waals surface area contributed by atoms with E-state index in [9.17, 15) is 14.4 Å². The number of amides is 2. The summed E-state index contributed by atoms with van der Waals surface area (Å²) in [5.74, 6) is -0.537. The Morgan fingerprint density at radius 1 is 1.11 bits per heavy atom. The second kappa shape index (κ2) is 8.03. The molecule has 1 N–H and O–H groups in total. The van der Waals surface area contributed by atoms with Gasteiger partial charge in [0.2, 0.25) is 11.8 Å². The van der Waals surface area contributed by atoms with Crippen molar-refractivity contribution in [2.75, 3.05) is 23.9 Å². The highest BCUT2D eigenvalue weighted by atomic mass is 16.5. The number of hydrogen-bond donors (Lipinski definition) is 1. The first-order valence-electron chi connectivity index (χ1n) is 8.86. The summed E-state index contributed by atoms with van der Waals surface area (Å²) in [7, 11) is 1.36. The molecule has 2 aromatic rings. The lowest BCUT2D eigenvalue weighted by atomic mass is 9.95. The molecule has 27 heavy (non-hydrogen) atoms. The zero-order chi connectivity index (χ0) is 19.4. The first-order chi connectivity index (χ1) is 13.0. The maximum absolute atomic E-state index is 12.9. The van der Waals surface area contributed by atoms with E-state index in [1.807, 2.05) is 18.2 Å². The predicted molar refractivity (Wildman–Crippen MR) is 103 cm³/mol. The molecule has 0 radical (unpaired) electrons. The average molecular weight is 366 g/mol. The molecule has 0 unspecified atom stereocenters. The fraction of sp³-hybridized carbons (Fsp3) is 0.286. The molecular formula is C21H22N2O4. The van der Waals surface area contributed by atoms with E-state index >= 15 is 0 Å². The maximum atomic E-state index is 12.9. The van der Waals surface area contributed by atoms with E-state index in [1.54, 1.807) is 29.2 Å². The summed E-state index contributed by atoms with van der Waals surface area (Å²) in [5, 5.41) is 2.71. The van der Waals surface area contributed by atoms with Gasteiger partial charge in [0.25, 0.3) is 0 Å². The van der Waals surface area contributed by atoms with E-state index in [2.05, 4.69) is 5.32 Å². The number of benzene rings is 2. The van der Waals surface area contributed by atoms with Crippen molar-refractivity contribution in [2.45, 2.75) is 26.2 Å². The Kier molecular flexibility index (Phi) is 5.54. The lowest BCUT2D eigenvalue weighted by Crippen LogP contribution is -2.37. The van der Waals surface area contributed by atoms with Crippen LogP contribution >= 0.6 is 0 Å². The molecule has 140 valence electrons. The van der Waals surface area contributed by atoms with Gasteiger partial charge in [-0.25, -0.2) is 4.79 Å². The summed E-state index contributed by atoms with van der Waals surface area (Å²) in [6.07, 6.45) is 1.80. The van der Waals surface area contributed by atoms with Gasteiger partial charge in [0.1, 0.15) is 0 Å². The summed E-state index contributed by atoms with van der Waals surface area (Å²) in [6, 6.07) is 12.6. The van der Waals surface area contributed by atoms with Crippen LogP contribution in [0.4, 0.5) is 11.4 Å². The minimum atomic E-state index is -0.380. The molecule has 3 rings (SSSR count). The zero-order valence-corrected chi connectivity index (χ0v) is 15.5. The number of ether oxygens (including phenoxy) is 1. The van der Waals surface area contributed by atoms with Gasteiger partial charge in [0.15, 0.2) is 0 Å². The molecule has 0 saturated carbocycles. The number of anilines is 2. The third-order valence-electron chi connectivity index (χ3n) is 4.59. The van der Waals surface area contributed by atoms with Crippen LogP contribution in [-0.2, 0) is 27.2 Å². The minimum Gasteiger partial charge on any atom is -0.465 e. The number of fused-ring (bicyclic) bond motifs is 1. The molecule has 1 heterocycles. The van der Waals surface area contributed by atoms with Gasteiger partial charge in [0, 0.05) is 24.8 Å². The second-order valence-electron chi connectivity index (χ2n) is 6.50. The maximum Gasteiger partial charge on any atom is 0.338 e. The van der Waals surface area contributed by atoms with Crippen LogP contribution in [-0.4, -0.2) is 31.4 Å². The molecule has 1 aliphatic heterocycles. The molecule has 2 amide bonds. The van der Waals surface area contributed by atoms with Crippen molar-refractivity contribution in [1.82, 2.24) is 0 Å². The summed E-state index contributed by atoms with van der Waals surface area (Å²) in [4.78, 5) is 37.7. The molecule has 6 nitrogen and oxygen atoms in total. The van der Waals surface area contributed by atoms with E-state index in [1.165, 1.54) is 14.0 Å². The molecule has 0 aliphatic carbocycles. The summed E-state index contributed by atoms with van der Waals surface area (Å²) in [6.45, 7) is 2.08. The fourth-order valence-electron chi connectivity index (χ4n) is 3.36. The molecule has 0 spiro atoms. The molecule has 1 aliphatic rings. The summed E-state index contributed by atoms with van der Waals surface area (Å²) in [5.41, 5.74) is 3.73. The number of carbonyl (C=O) groups is 3. The van der Waals surface area contributed by atoms with Crippen LogP contribution in [0, 0.1) is 0 Å². The van der Waals surface area contributed by atoms with Crippen molar-refractivity contribution in [3.63, 3.8) is 0 Å². The Hall–Kier alpha value is -3.15. The Morgan fingerprint density at radius 2 is 1.85 bits per heavy atom. The van der Waals surface area contributed by atoms with E-state index < -0.39 is 0 Å². The summed E-state index contributed by atoms with van der Waals surface area (Å²) < 4.78 is 4.86. The molecule has 0 fully saturated rings. The van der Waals surface area contributed by atoms with E-state index in [0.29, 0.717) is 17.8 Å². The second-order valence-corrected chi connectivity index (χ2v) is 6.50. The standard InChI is InChI=1S/C21H22N2O4/c1-14(24)22-16-10-8-15(9-11-16)13-20(25)23-12-4-6-17-18(21(26)27-2)5-3-7-19(17)23/h3,5,7-11H,4,6,12-13H2,1-2H3,(H,22,24). The van der Waals surface area contributed by atoms with Crippen LogP contribution in [0.15, 0.2) is 42.5 Å². The van der Waals surface area contributed by atoms with Gasteiger partial charge in [-0.3, -0.25) is 9.59 Å². The van der Waals surface area contributed by atoms with Gasteiger partial charge in [-0.15, -0.1) is 0 Å². The number of methoxy groups -OCH3 is 1. The highest BCUT2D eigenvalue weighted by molar-refractivity contribution is 5.99. The van der Waals surface area contributed by atoms with E-state index in [4.69, 9.17) is 4.74 Å². The lowest BCUT2D eigenvalue weighted by Gasteiger charge is -2.30. The fourth-order valence-corrected chi connectivity index (χ4v) is 3.36. The topological polar surface area (TPSA) is 75.7 Å². The Balaban J connectivity index is 1.79. The molecule has 0 atom stereocenters. The Morgan fingerprint density at radius 3 is 2.52 bits per heavy atom. The third-order valence-corrected chi connectivity index (χ3v) is 4.59. The van der Waals surface area contributed by atoms with Crippen molar-refractivity contribution in [1.29, 1.82) is 0 Å². The molecule has 0 bridgehead atoms. The van der Waals surface area contributed by atoms with Crippen molar-refractivity contribution in [3.8, 4) is 0 Å². The van der Waals surface area contributed by atoms with E-state index in [0.717, 1.165) is 29.7 Å². The van der Waals surface area contributed by atoms with Crippen molar-refractivity contribution >= 4 is 29.2 Å². The van der Waals surface area contributed by atoms with Gasteiger partial charge in [-0.05, 0) is 48.2 Å². The zero-order valence-electron chi connectivity index (χ0n) is 15.5. The number of rotatable bonds is 4. The SMILES string of the molecule is COC(=O)c1cccc2c1CCCN2C(=O)Cc1ccc(NC(C)=O)cc1. The number of nitrogens with zero attached hydrogens (tertiary/aromatic N) is 1. The molecule has 6 heteroatoms. The number of hydrogen-bond acceptors (Lipinski definition) is 4. The van der Waals surface area contributed by atoms with Gasteiger partial charge in [0.05, 0.1) is 19.1 Å². The van der Waals surface area contributed by atoms with Crippen molar-refractivity contribution in [3.05, 3.63) is 59.2 Å². The monoisotopic (exact) mass is 366 g/mol. The van der Waals surface area contributed by atoms with Gasteiger partial charge < -0.3 is 15.0 Å². The van der Waals surface area contributed by atoms with Crippen LogP contribution in [0.25, 0.3) is 0 Å².